The monoisotopic (exact) mass is 574 g/mol. The van der Waals surface area contributed by atoms with Gasteiger partial charge in [0, 0.05) is 36.8 Å². The zero-order valence-electron chi connectivity index (χ0n) is 24.7. The predicted octanol–water partition coefficient (Wildman–Crippen LogP) is 5.81. The molecule has 1 aliphatic carbocycles. The van der Waals surface area contributed by atoms with E-state index in [4.69, 9.17) is 0 Å². The number of piperidine rings is 1. The van der Waals surface area contributed by atoms with Crippen LogP contribution in [0.15, 0.2) is 30.5 Å². The fourth-order valence-electron chi connectivity index (χ4n) is 6.08. The second-order valence-electron chi connectivity index (χ2n) is 11.7. The molecule has 42 heavy (non-hydrogen) atoms. The van der Waals surface area contributed by atoms with E-state index in [2.05, 4.69) is 37.2 Å². The molecule has 1 aromatic carbocycles. The first-order valence-corrected chi connectivity index (χ1v) is 14.6. The Morgan fingerprint density at radius 2 is 1.71 bits per heavy atom. The van der Waals surface area contributed by atoms with Gasteiger partial charge in [-0.05, 0) is 84.7 Å². The molecule has 1 aliphatic heterocycles. The maximum absolute atomic E-state index is 15.0. The van der Waals surface area contributed by atoms with E-state index in [-0.39, 0.29) is 34.7 Å². The normalized spacial score (nSPS) is 16.2. The average molecular weight is 575 g/mol. The lowest BCUT2D eigenvalue weighted by Gasteiger charge is -2.37. The van der Waals surface area contributed by atoms with Crippen LogP contribution >= 0.6 is 0 Å². The number of aromatic nitrogens is 5. The fraction of sp³-hybridized carbons (Fsp3) is 0.452. The van der Waals surface area contributed by atoms with Gasteiger partial charge >= 0.3 is 0 Å². The number of anilines is 2. The number of hydrogen-bond donors (Lipinski definition) is 1. The van der Waals surface area contributed by atoms with Crippen LogP contribution in [0.3, 0.4) is 0 Å². The summed E-state index contributed by atoms with van der Waals surface area (Å²) >= 11 is 0. The van der Waals surface area contributed by atoms with Gasteiger partial charge in [-0.2, -0.15) is 0 Å². The molecule has 0 atom stereocenters. The molecule has 0 unspecified atom stereocenters. The topological polar surface area (TPSA) is 92.1 Å². The number of nitrogens with zero attached hydrogens (tertiary/aromatic N) is 7. The van der Waals surface area contributed by atoms with Gasteiger partial charge in [-0.15, -0.1) is 0 Å². The Morgan fingerprint density at radius 3 is 2.38 bits per heavy atom. The van der Waals surface area contributed by atoms with Gasteiger partial charge in [0.2, 0.25) is 5.95 Å². The van der Waals surface area contributed by atoms with Crippen LogP contribution in [0.4, 0.5) is 20.5 Å². The number of fused-ring (bicyclic) bond motifs is 1. The lowest BCUT2D eigenvalue weighted by atomic mass is 10.0. The fourth-order valence-corrected chi connectivity index (χ4v) is 6.08. The van der Waals surface area contributed by atoms with Gasteiger partial charge < -0.3 is 19.7 Å². The molecule has 3 aromatic heterocycles. The highest BCUT2D eigenvalue weighted by Crippen LogP contribution is 2.32. The number of imidazole rings is 1. The van der Waals surface area contributed by atoms with E-state index >= 15 is 4.39 Å². The summed E-state index contributed by atoms with van der Waals surface area (Å²) in [7, 11) is 2.20. The summed E-state index contributed by atoms with van der Waals surface area (Å²) in [5.74, 6) is -0.0452. The Balaban J connectivity index is 1.20. The van der Waals surface area contributed by atoms with Gasteiger partial charge in [0.25, 0.3) is 5.91 Å². The molecule has 1 N–H and O–H groups in total. The molecule has 0 spiro atoms. The van der Waals surface area contributed by atoms with Crippen LogP contribution in [-0.4, -0.2) is 72.4 Å². The lowest BCUT2D eigenvalue weighted by Crippen LogP contribution is -2.46. The molecular formula is C31H36F2N8O. The Kier molecular flexibility index (Phi) is 7.38. The maximum atomic E-state index is 15.0. The molecule has 1 saturated carbocycles. The first kappa shape index (κ1) is 28.1. The molecule has 6 rings (SSSR count). The summed E-state index contributed by atoms with van der Waals surface area (Å²) in [6.45, 7) is 9.04. The molecular weight excluding hydrogens is 538 g/mol. The minimum Gasteiger partial charge on any atom is -0.338 e. The third kappa shape index (κ3) is 5.33. The Bertz CT molecular complexity index is 1660. The molecule has 2 aliphatic rings. The van der Waals surface area contributed by atoms with Crippen molar-refractivity contribution in [2.24, 2.45) is 0 Å². The van der Waals surface area contributed by atoms with Crippen molar-refractivity contribution in [3.8, 4) is 11.3 Å². The third-order valence-electron chi connectivity index (χ3n) is 8.47. The van der Waals surface area contributed by atoms with Crippen LogP contribution in [0.5, 0.6) is 0 Å². The Labute approximate surface area is 244 Å². The highest BCUT2D eigenvalue weighted by molar-refractivity contribution is 5.95. The minimum absolute atomic E-state index is 0.0207. The summed E-state index contributed by atoms with van der Waals surface area (Å²) in [5.41, 5.74) is 2.18. The van der Waals surface area contributed by atoms with Crippen molar-refractivity contribution >= 4 is 28.7 Å². The average Bonchev–Trinajstić information content (AvgIpc) is 3.75. The van der Waals surface area contributed by atoms with E-state index in [1.54, 1.807) is 25.1 Å². The number of pyridine rings is 1. The first-order chi connectivity index (χ1) is 20.1. The number of nitrogens with one attached hydrogen (secondary N) is 1. The molecule has 2 fully saturated rings. The van der Waals surface area contributed by atoms with Gasteiger partial charge in [0.05, 0.1) is 23.0 Å². The van der Waals surface area contributed by atoms with Crippen molar-refractivity contribution in [3.63, 3.8) is 0 Å². The summed E-state index contributed by atoms with van der Waals surface area (Å²) < 4.78 is 31.9. The highest BCUT2D eigenvalue weighted by Gasteiger charge is 2.34. The quantitative estimate of drug-likeness (QED) is 0.298. The van der Waals surface area contributed by atoms with Crippen molar-refractivity contribution < 1.29 is 13.6 Å². The molecule has 11 heteroatoms. The smallest absolute Gasteiger partial charge is 0.255 e. The molecule has 1 amide bonds. The number of rotatable bonds is 7. The standard InChI is InChI=1S/C31H36F2N8O/c1-17(2)41-19(4)36-29-24(32)14-20(15-26(29)41)28-25(33)16-34-31(38-28)37-27-9-8-23(18(3)35-27)30(42)40-12-10-22(11-13-40)39(5)21-6-7-21/h8-9,14-17,21-22H,6-7,10-13H2,1-5H3,(H,34,35,37,38). The summed E-state index contributed by atoms with van der Waals surface area (Å²) in [6, 6.07) is 7.67. The van der Waals surface area contributed by atoms with E-state index < -0.39 is 11.6 Å². The Morgan fingerprint density at radius 1 is 1.00 bits per heavy atom. The zero-order valence-corrected chi connectivity index (χ0v) is 24.7. The van der Waals surface area contributed by atoms with E-state index in [0.717, 1.165) is 32.1 Å². The first-order valence-electron chi connectivity index (χ1n) is 14.6. The van der Waals surface area contributed by atoms with E-state index in [9.17, 15) is 9.18 Å². The predicted molar refractivity (Wildman–Crippen MR) is 158 cm³/mol. The van der Waals surface area contributed by atoms with Crippen LogP contribution < -0.4 is 5.32 Å². The SMILES string of the molecule is Cc1nc(Nc2ncc(F)c(-c3cc(F)c4nc(C)n(C(C)C)c4c3)n2)ccc1C(=O)N1CCC(N(C)C2CC2)CC1. The van der Waals surface area contributed by atoms with E-state index in [0.29, 0.717) is 40.5 Å². The van der Waals surface area contributed by atoms with Crippen LogP contribution in [0.25, 0.3) is 22.3 Å². The highest BCUT2D eigenvalue weighted by atomic mass is 19.1. The van der Waals surface area contributed by atoms with Crippen molar-refractivity contribution in [3.05, 3.63) is 59.2 Å². The molecule has 0 radical (unpaired) electrons. The van der Waals surface area contributed by atoms with Crippen molar-refractivity contribution in [2.75, 3.05) is 25.5 Å². The van der Waals surface area contributed by atoms with Gasteiger partial charge in [-0.1, -0.05) is 0 Å². The van der Waals surface area contributed by atoms with Crippen molar-refractivity contribution in [1.82, 2.24) is 34.3 Å². The van der Waals surface area contributed by atoms with Crippen LogP contribution in [0, 0.1) is 25.5 Å². The second kappa shape index (κ2) is 11.0. The van der Waals surface area contributed by atoms with Crippen molar-refractivity contribution in [1.29, 1.82) is 0 Å². The van der Waals surface area contributed by atoms with Gasteiger partial charge in [0.1, 0.15) is 22.9 Å². The van der Waals surface area contributed by atoms with Crippen LogP contribution in [-0.2, 0) is 0 Å². The third-order valence-corrected chi connectivity index (χ3v) is 8.47. The van der Waals surface area contributed by atoms with Crippen LogP contribution in [0.1, 0.15) is 67.4 Å². The molecule has 9 nitrogen and oxygen atoms in total. The second-order valence-corrected chi connectivity index (χ2v) is 11.7. The number of hydrogen-bond acceptors (Lipinski definition) is 7. The molecule has 220 valence electrons. The summed E-state index contributed by atoms with van der Waals surface area (Å²) in [5, 5.41) is 3.01. The number of aryl methyl sites for hydroxylation is 2. The van der Waals surface area contributed by atoms with Gasteiger partial charge in [-0.3, -0.25) is 4.79 Å². The number of carbonyl (C=O) groups excluding carboxylic acids is 1. The number of benzene rings is 1. The number of likely N-dealkylation sites (tertiary alicyclic amines) is 1. The minimum atomic E-state index is -0.677. The van der Waals surface area contributed by atoms with Gasteiger partial charge in [-0.25, -0.2) is 28.7 Å². The number of amides is 1. The molecule has 4 aromatic rings. The maximum Gasteiger partial charge on any atom is 0.255 e. The molecule has 4 heterocycles. The van der Waals surface area contributed by atoms with Gasteiger partial charge in [0.15, 0.2) is 11.6 Å². The number of halogens is 2. The van der Waals surface area contributed by atoms with Crippen molar-refractivity contribution in [2.45, 2.75) is 71.5 Å². The molecule has 0 bridgehead atoms. The largest absolute Gasteiger partial charge is 0.338 e. The number of carbonyl (C=O) groups is 1. The molecule has 1 saturated heterocycles. The summed E-state index contributed by atoms with van der Waals surface area (Å²) in [6.07, 6.45) is 5.57. The Hall–Kier alpha value is -3.99. The van der Waals surface area contributed by atoms with E-state index in [1.807, 2.05) is 30.2 Å². The van der Waals surface area contributed by atoms with E-state index in [1.165, 1.54) is 18.9 Å². The summed E-state index contributed by atoms with van der Waals surface area (Å²) in [4.78, 5) is 35.0. The van der Waals surface area contributed by atoms with Crippen LogP contribution in [0.2, 0.25) is 0 Å². The zero-order chi connectivity index (χ0) is 29.7. The lowest BCUT2D eigenvalue weighted by molar-refractivity contribution is 0.0638.